The smallest absolute Gasteiger partial charge is 0.358 e. The van der Waals surface area contributed by atoms with Crippen LogP contribution in [0.5, 0.6) is 0 Å². The molecule has 0 bridgehead atoms. The third-order valence-electron chi connectivity index (χ3n) is 1.97. The van der Waals surface area contributed by atoms with Crippen LogP contribution in [0, 0.1) is 0 Å². The molecule has 0 saturated carbocycles. The second kappa shape index (κ2) is 5.18. The number of hydrogen-bond acceptors (Lipinski definition) is 4. The topological polar surface area (TPSA) is 65.2 Å². The molecule has 0 aliphatic carbocycles. The maximum Gasteiger partial charge on any atom is 0.358 e. The molecule has 0 radical (unpaired) electrons. The van der Waals surface area contributed by atoms with Gasteiger partial charge in [-0.05, 0) is 5.56 Å². The molecule has 0 saturated heterocycles. The van der Waals surface area contributed by atoms with E-state index >= 15 is 0 Å². The Labute approximate surface area is 95.4 Å². The number of nitrogens with two attached hydrogens (primary N) is 1. The number of ether oxygens (including phenoxy) is 1. The Balaban J connectivity index is 3.34. The van der Waals surface area contributed by atoms with Crippen LogP contribution < -0.4 is 5.73 Å². The number of nitrogens with zero attached hydrogens (tertiary/aromatic N) is 1. The molecular weight excluding hydrogens is 242 g/mol. The van der Waals surface area contributed by atoms with Gasteiger partial charge in [-0.15, -0.1) is 0 Å². The molecule has 0 aliphatic rings. The number of halogens is 3. The van der Waals surface area contributed by atoms with Gasteiger partial charge < -0.3 is 10.5 Å². The molecule has 0 atom stereocenters. The second-order valence-electron chi connectivity index (χ2n) is 2.85. The lowest BCUT2D eigenvalue weighted by molar-refractivity contribution is 0.0593. The number of pyridine rings is 1. The van der Waals surface area contributed by atoms with Gasteiger partial charge in [-0.1, -0.05) is 11.6 Å². The van der Waals surface area contributed by atoms with Crippen LogP contribution in [-0.2, 0) is 11.3 Å². The highest BCUT2D eigenvalue weighted by Gasteiger charge is 2.21. The predicted molar refractivity (Wildman–Crippen MR) is 53.4 cm³/mol. The van der Waals surface area contributed by atoms with Crippen molar-refractivity contribution in [3.05, 3.63) is 28.0 Å². The molecule has 0 aliphatic heterocycles. The maximum atomic E-state index is 12.5. The van der Waals surface area contributed by atoms with Crippen molar-refractivity contribution in [1.29, 1.82) is 0 Å². The minimum Gasteiger partial charge on any atom is -0.464 e. The lowest BCUT2D eigenvalue weighted by atomic mass is 10.1. The van der Waals surface area contributed by atoms with Gasteiger partial charge in [0.25, 0.3) is 6.43 Å². The number of hydrogen-bond donors (Lipinski definition) is 1. The fourth-order valence-electron chi connectivity index (χ4n) is 1.17. The van der Waals surface area contributed by atoms with E-state index < -0.39 is 12.4 Å². The maximum absolute atomic E-state index is 12.5. The number of aromatic nitrogens is 1. The standard InChI is InChI=1S/C9H9ClF2N2O2/c1-16-9(15)7-6(10)4(2-13)5(3-14-7)8(11)12/h3,8H,2,13H2,1H3. The third kappa shape index (κ3) is 2.28. The van der Waals surface area contributed by atoms with E-state index in [0.717, 1.165) is 13.3 Å². The molecule has 88 valence electrons. The van der Waals surface area contributed by atoms with Gasteiger partial charge in [0.1, 0.15) is 0 Å². The molecule has 0 aromatic carbocycles. The molecule has 1 rings (SSSR count). The fraction of sp³-hybridized carbons (Fsp3) is 0.333. The van der Waals surface area contributed by atoms with E-state index in [-0.39, 0.29) is 28.4 Å². The summed E-state index contributed by atoms with van der Waals surface area (Å²) in [4.78, 5) is 14.7. The van der Waals surface area contributed by atoms with Gasteiger partial charge in [-0.25, -0.2) is 18.6 Å². The summed E-state index contributed by atoms with van der Waals surface area (Å²) in [5.41, 5.74) is 4.72. The molecule has 1 aromatic heterocycles. The molecule has 0 unspecified atom stereocenters. The van der Waals surface area contributed by atoms with E-state index in [2.05, 4.69) is 9.72 Å². The van der Waals surface area contributed by atoms with Gasteiger partial charge in [0.2, 0.25) is 0 Å². The van der Waals surface area contributed by atoms with Gasteiger partial charge in [0.15, 0.2) is 5.69 Å². The summed E-state index contributed by atoms with van der Waals surface area (Å²) in [6, 6.07) is 0. The Kier molecular flexibility index (Phi) is 4.14. The van der Waals surface area contributed by atoms with E-state index in [1.807, 2.05) is 0 Å². The van der Waals surface area contributed by atoms with Crippen LogP contribution in [0.1, 0.15) is 28.0 Å². The van der Waals surface area contributed by atoms with Crippen LogP contribution in [0.25, 0.3) is 0 Å². The molecule has 7 heteroatoms. The van der Waals surface area contributed by atoms with Crippen molar-refractivity contribution in [3.8, 4) is 0 Å². The first-order chi connectivity index (χ1) is 7.52. The van der Waals surface area contributed by atoms with E-state index in [4.69, 9.17) is 17.3 Å². The molecule has 1 aromatic rings. The molecule has 16 heavy (non-hydrogen) atoms. The van der Waals surface area contributed by atoms with E-state index in [1.54, 1.807) is 0 Å². The summed E-state index contributed by atoms with van der Waals surface area (Å²) in [6.07, 6.45) is -1.86. The van der Waals surface area contributed by atoms with E-state index in [9.17, 15) is 13.6 Å². The highest BCUT2D eigenvalue weighted by Crippen LogP contribution is 2.29. The SMILES string of the molecule is COC(=O)c1ncc(C(F)F)c(CN)c1Cl. The first kappa shape index (κ1) is 12.8. The van der Waals surface area contributed by atoms with Gasteiger partial charge in [-0.3, -0.25) is 0 Å². The van der Waals surface area contributed by atoms with Gasteiger partial charge >= 0.3 is 5.97 Å². The van der Waals surface area contributed by atoms with Crippen molar-refractivity contribution in [1.82, 2.24) is 4.98 Å². The zero-order valence-electron chi connectivity index (χ0n) is 8.34. The lowest BCUT2D eigenvalue weighted by Gasteiger charge is -2.10. The Bertz CT molecular complexity index is 413. The summed E-state index contributed by atoms with van der Waals surface area (Å²) in [5.74, 6) is -0.791. The molecular formula is C9H9ClF2N2O2. The number of rotatable bonds is 3. The fourth-order valence-corrected chi connectivity index (χ4v) is 1.49. The van der Waals surface area contributed by atoms with Crippen molar-refractivity contribution in [2.75, 3.05) is 7.11 Å². The Morgan fingerprint density at radius 1 is 1.69 bits per heavy atom. The van der Waals surface area contributed by atoms with Crippen LogP contribution in [0.3, 0.4) is 0 Å². The van der Waals surface area contributed by atoms with E-state index in [0.29, 0.717) is 0 Å². The monoisotopic (exact) mass is 250 g/mol. The highest BCUT2D eigenvalue weighted by atomic mass is 35.5. The average molecular weight is 251 g/mol. The lowest BCUT2D eigenvalue weighted by Crippen LogP contribution is -2.11. The van der Waals surface area contributed by atoms with Crippen molar-refractivity contribution in [2.45, 2.75) is 13.0 Å². The molecule has 0 spiro atoms. The Morgan fingerprint density at radius 3 is 2.75 bits per heavy atom. The third-order valence-corrected chi connectivity index (χ3v) is 2.38. The zero-order valence-corrected chi connectivity index (χ0v) is 9.09. The number of carbonyl (C=O) groups excluding carboxylic acids is 1. The van der Waals surface area contributed by atoms with Crippen molar-refractivity contribution >= 4 is 17.6 Å². The summed E-state index contributed by atoms with van der Waals surface area (Å²) in [6.45, 7) is -0.203. The first-order valence-electron chi connectivity index (χ1n) is 4.26. The molecule has 2 N–H and O–H groups in total. The number of esters is 1. The minimum absolute atomic E-state index is 0.00654. The summed E-state index contributed by atoms with van der Waals surface area (Å²) in [7, 11) is 1.14. The molecule has 1 heterocycles. The minimum atomic E-state index is -2.74. The molecule has 0 fully saturated rings. The van der Waals surface area contributed by atoms with Gasteiger partial charge in [-0.2, -0.15) is 0 Å². The van der Waals surface area contributed by atoms with Crippen LogP contribution in [0.15, 0.2) is 6.20 Å². The van der Waals surface area contributed by atoms with Crippen LogP contribution in [0.2, 0.25) is 5.02 Å². The van der Waals surface area contributed by atoms with Crippen LogP contribution in [-0.4, -0.2) is 18.1 Å². The number of alkyl halides is 2. The normalized spacial score (nSPS) is 10.6. The number of methoxy groups -OCH3 is 1. The van der Waals surface area contributed by atoms with Gasteiger partial charge in [0.05, 0.1) is 12.1 Å². The van der Waals surface area contributed by atoms with E-state index in [1.165, 1.54) is 0 Å². The largest absolute Gasteiger partial charge is 0.464 e. The van der Waals surface area contributed by atoms with Gasteiger partial charge in [0, 0.05) is 18.3 Å². The summed E-state index contributed by atoms with van der Waals surface area (Å²) >= 11 is 5.76. The highest BCUT2D eigenvalue weighted by molar-refractivity contribution is 6.34. The Morgan fingerprint density at radius 2 is 2.31 bits per heavy atom. The second-order valence-corrected chi connectivity index (χ2v) is 3.23. The number of carbonyl (C=O) groups is 1. The molecule has 4 nitrogen and oxygen atoms in total. The van der Waals surface area contributed by atoms with Crippen LogP contribution in [0.4, 0.5) is 8.78 Å². The van der Waals surface area contributed by atoms with Crippen molar-refractivity contribution < 1.29 is 18.3 Å². The summed E-state index contributed by atoms with van der Waals surface area (Å²) < 4.78 is 29.5. The summed E-state index contributed by atoms with van der Waals surface area (Å²) in [5, 5.41) is -0.188. The molecule has 0 amide bonds. The van der Waals surface area contributed by atoms with Crippen molar-refractivity contribution in [2.24, 2.45) is 5.73 Å². The predicted octanol–water partition coefficient (Wildman–Crippen LogP) is 1.92. The van der Waals surface area contributed by atoms with Crippen LogP contribution >= 0.6 is 11.6 Å². The average Bonchev–Trinajstić information content (AvgIpc) is 2.27. The first-order valence-corrected chi connectivity index (χ1v) is 4.64. The quantitative estimate of drug-likeness (QED) is 0.833. The van der Waals surface area contributed by atoms with Crippen molar-refractivity contribution in [3.63, 3.8) is 0 Å². The zero-order chi connectivity index (χ0) is 12.3. The Hall–Kier alpha value is -1.27.